The van der Waals surface area contributed by atoms with Crippen molar-refractivity contribution in [2.45, 2.75) is 27.7 Å². The summed E-state index contributed by atoms with van der Waals surface area (Å²) in [6, 6.07) is 1.94. The predicted molar refractivity (Wildman–Crippen MR) is 78.8 cm³/mol. The highest BCUT2D eigenvalue weighted by Gasteiger charge is 2.13. The van der Waals surface area contributed by atoms with Crippen molar-refractivity contribution in [2.75, 3.05) is 11.9 Å². The van der Waals surface area contributed by atoms with E-state index in [9.17, 15) is 4.79 Å². The number of hydrogen-bond acceptors (Lipinski definition) is 5. The summed E-state index contributed by atoms with van der Waals surface area (Å²) in [6.45, 7) is 8.89. The fourth-order valence-corrected chi connectivity index (χ4v) is 2.66. The predicted octanol–water partition coefficient (Wildman–Crippen LogP) is 2.58. The molecule has 2 aromatic rings. The number of aromatic nitrogens is 3. The van der Waals surface area contributed by atoms with Gasteiger partial charge in [-0.1, -0.05) is 25.2 Å². The summed E-state index contributed by atoms with van der Waals surface area (Å²) in [5.74, 6) is 0.539. The first-order valence-corrected chi connectivity index (χ1v) is 7.07. The maximum atomic E-state index is 12.0. The Kier molecular flexibility index (Phi) is 3.99. The molecule has 0 bridgehead atoms. The van der Waals surface area contributed by atoms with E-state index in [4.69, 9.17) is 0 Å². The molecule has 0 fully saturated rings. The zero-order chi connectivity index (χ0) is 14.0. The SMILES string of the molecule is Cc1cc(C)c(-c2nnc(NCC(C)C)s2)c(=O)[nH]1. The van der Waals surface area contributed by atoms with E-state index in [0.29, 0.717) is 16.5 Å². The first-order valence-electron chi connectivity index (χ1n) is 6.25. The van der Waals surface area contributed by atoms with E-state index in [1.807, 2.05) is 19.9 Å². The van der Waals surface area contributed by atoms with Crippen molar-refractivity contribution in [3.8, 4) is 10.6 Å². The molecule has 0 spiro atoms. The summed E-state index contributed by atoms with van der Waals surface area (Å²) >= 11 is 1.41. The molecule has 2 N–H and O–H groups in total. The van der Waals surface area contributed by atoms with Gasteiger partial charge in [0.2, 0.25) is 5.13 Å². The standard InChI is InChI=1S/C13H18N4OS/c1-7(2)6-14-13-17-16-12(19-13)10-8(3)5-9(4)15-11(10)18/h5,7H,6H2,1-4H3,(H,14,17)(H,15,18). The highest BCUT2D eigenvalue weighted by molar-refractivity contribution is 7.18. The normalized spacial score (nSPS) is 11.0. The van der Waals surface area contributed by atoms with Crippen LogP contribution in [0.3, 0.4) is 0 Å². The summed E-state index contributed by atoms with van der Waals surface area (Å²) in [6.07, 6.45) is 0. The van der Waals surface area contributed by atoms with Gasteiger partial charge < -0.3 is 10.3 Å². The van der Waals surface area contributed by atoms with E-state index in [1.165, 1.54) is 11.3 Å². The van der Waals surface area contributed by atoms with Crippen molar-refractivity contribution >= 4 is 16.5 Å². The minimum absolute atomic E-state index is 0.107. The van der Waals surface area contributed by atoms with E-state index in [1.54, 1.807) is 0 Å². The average molecular weight is 278 g/mol. The molecule has 0 saturated heterocycles. The molecule has 2 rings (SSSR count). The van der Waals surface area contributed by atoms with Crippen LogP contribution in [0.4, 0.5) is 5.13 Å². The topological polar surface area (TPSA) is 70.7 Å². The lowest BCUT2D eigenvalue weighted by atomic mass is 10.1. The van der Waals surface area contributed by atoms with E-state index >= 15 is 0 Å². The second-order valence-corrected chi connectivity index (χ2v) is 6.00. The van der Waals surface area contributed by atoms with Gasteiger partial charge in [0, 0.05) is 12.2 Å². The van der Waals surface area contributed by atoms with Gasteiger partial charge in [-0.05, 0) is 31.4 Å². The smallest absolute Gasteiger partial charge is 0.258 e. The molecule has 6 heteroatoms. The maximum absolute atomic E-state index is 12.0. The fraction of sp³-hybridized carbons (Fsp3) is 0.462. The molecule has 0 radical (unpaired) electrons. The lowest BCUT2D eigenvalue weighted by Crippen LogP contribution is -2.11. The van der Waals surface area contributed by atoms with Crippen molar-refractivity contribution in [1.82, 2.24) is 15.2 Å². The number of pyridine rings is 1. The van der Waals surface area contributed by atoms with Crippen LogP contribution in [0.1, 0.15) is 25.1 Å². The summed E-state index contributed by atoms with van der Waals surface area (Å²) in [5.41, 5.74) is 2.28. The number of nitrogens with one attached hydrogen (secondary N) is 2. The minimum atomic E-state index is -0.107. The molecule has 0 aliphatic rings. The van der Waals surface area contributed by atoms with Gasteiger partial charge in [-0.25, -0.2) is 0 Å². The van der Waals surface area contributed by atoms with Crippen LogP contribution >= 0.6 is 11.3 Å². The number of hydrogen-bond donors (Lipinski definition) is 2. The number of aryl methyl sites for hydroxylation is 2. The van der Waals surface area contributed by atoms with Gasteiger partial charge in [-0.2, -0.15) is 0 Å². The third kappa shape index (κ3) is 3.20. The highest BCUT2D eigenvalue weighted by atomic mass is 32.1. The van der Waals surface area contributed by atoms with Crippen molar-refractivity contribution in [3.05, 3.63) is 27.7 Å². The molecule has 102 valence electrons. The quantitative estimate of drug-likeness (QED) is 0.901. The lowest BCUT2D eigenvalue weighted by molar-refractivity contribution is 0.687. The molecule has 0 aromatic carbocycles. The van der Waals surface area contributed by atoms with Crippen LogP contribution in [0.5, 0.6) is 0 Å². The summed E-state index contributed by atoms with van der Waals surface area (Å²) in [4.78, 5) is 14.8. The van der Waals surface area contributed by atoms with Crippen molar-refractivity contribution in [3.63, 3.8) is 0 Å². The molecular weight excluding hydrogens is 260 g/mol. The third-order valence-electron chi connectivity index (χ3n) is 2.67. The Morgan fingerprint density at radius 2 is 2.11 bits per heavy atom. The van der Waals surface area contributed by atoms with Gasteiger partial charge in [-0.3, -0.25) is 4.79 Å². The third-order valence-corrected chi connectivity index (χ3v) is 3.56. The second-order valence-electron chi connectivity index (χ2n) is 5.03. The molecule has 2 heterocycles. The van der Waals surface area contributed by atoms with E-state index < -0.39 is 0 Å². The Balaban J connectivity index is 2.31. The molecular formula is C13H18N4OS. The molecule has 0 unspecified atom stereocenters. The fourth-order valence-electron chi connectivity index (χ4n) is 1.81. The average Bonchev–Trinajstić information content (AvgIpc) is 2.73. The minimum Gasteiger partial charge on any atom is -0.360 e. The number of rotatable bonds is 4. The van der Waals surface area contributed by atoms with Crippen molar-refractivity contribution in [1.29, 1.82) is 0 Å². The Hall–Kier alpha value is -1.69. The maximum Gasteiger partial charge on any atom is 0.258 e. The number of H-pyrrole nitrogens is 1. The molecule has 19 heavy (non-hydrogen) atoms. The first kappa shape index (κ1) is 13.7. The van der Waals surface area contributed by atoms with Gasteiger partial charge in [-0.15, -0.1) is 10.2 Å². The lowest BCUT2D eigenvalue weighted by Gasteiger charge is -2.04. The largest absolute Gasteiger partial charge is 0.360 e. The number of aromatic amines is 1. The zero-order valence-electron chi connectivity index (χ0n) is 11.6. The highest BCUT2D eigenvalue weighted by Crippen LogP contribution is 2.26. The second kappa shape index (κ2) is 5.52. The molecule has 0 amide bonds. The molecule has 0 aliphatic carbocycles. The van der Waals surface area contributed by atoms with Crippen LogP contribution in [-0.4, -0.2) is 21.7 Å². The van der Waals surface area contributed by atoms with Gasteiger partial charge in [0.05, 0.1) is 5.56 Å². The van der Waals surface area contributed by atoms with Gasteiger partial charge in [0.15, 0.2) is 5.01 Å². The Morgan fingerprint density at radius 1 is 1.37 bits per heavy atom. The van der Waals surface area contributed by atoms with Gasteiger partial charge >= 0.3 is 0 Å². The van der Waals surface area contributed by atoms with Crippen molar-refractivity contribution < 1.29 is 0 Å². The first-order chi connectivity index (χ1) is 8.97. The van der Waals surface area contributed by atoms with Gasteiger partial charge in [0.1, 0.15) is 0 Å². The van der Waals surface area contributed by atoms with Crippen molar-refractivity contribution in [2.24, 2.45) is 5.92 Å². The molecule has 0 saturated carbocycles. The molecule has 0 aliphatic heterocycles. The monoisotopic (exact) mass is 278 g/mol. The van der Waals surface area contributed by atoms with Crippen LogP contribution in [0, 0.1) is 19.8 Å². The van der Waals surface area contributed by atoms with Crippen LogP contribution in [0.2, 0.25) is 0 Å². The van der Waals surface area contributed by atoms with Crippen LogP contribution in [0.15, 0.2) is 10.9 Å². The Labute approximate surface area is 116 Å². The van der Waals surface area contributed by atoms with Crippen LogP contribution in [0.25, 0.3) is 10.6 Å². The number of anilines is 1. The molecule has 0 atom stereocenters. The zero-order valence-corrected chi connectivity index (χ0v) is 12.4. The molecule has 2 aromatic heterocycles. The summed E-state index contributed by atoms with van der Waals surface area (Å²) < 4.78 is 0. The van der Waals surface area contributed by atoms with Gasteiger partial charge in [0.25, 0.3) is 5.56 Å². The number of nitrogens with zero attached hydrogens (tertiary/aromatic N) is 2. The summed E-state index contributed by atoms with van der Waals surface area (Å²) in [7, 11) is 0. The Bertz CT molecular complexity index is 630. The van der Waals surface area contributed by atoms with E-state index in [2.05, 4.69) is 34.3 Å². The summed E-state index contributed by atoms with van der Waals surface area (Å²) in [5, 5.41) is 12.8. The van der Waals surface area contributed by atoms with Crippen LogP contribution in [-0.2, 0) is 0 Å². The van der Waals surface area contributed by atoms with Crippen LogP contribution < -0.4 is 10.9 Å². The van der Waals surface area contributed by atoms with E-state index in [-0.39, 0.29) is 5.56 Å². The van der Waals surface area contributed by atoms with E-state index in [0.717, 1.165) is 22.9 Å². The Morgan fingerprint density at radius 3 is 2.74 bits per heavy atom. The molecule has 5 nitrogen and oxygen atoms in total.